The van der Waals surface area contributed by atoms with Crippen molar-refractivity contribution in [1.82, 2.24) is 0 Å². The van der Waals surface area contributed by atoms with Crippen molar-refractivity contribution in [3.8, 4) is 0 Å². The number of carbonyl (C=O) groups is 2. The van der Waals surface area contributed by atoms with E-state index in [2.05, 4.69) is 27.7 Å². The highest BCUT2D eigenvalue weighted by Crippen LogP contribution is 2.65. The number of carboxylic acid groups (broad SMARTS) is 1. The molecule has 0 saturated heterocycles. The van der Waals surface area contributed by atoms with Crippen molar-refractivity contribution in [3.63, 3.8) is 0 Å². The molecular formula is C29H48O4. The quantitative estimate of drug-likeness (QED) is 0.431. The zero-order valence-electron chi connectivity index (χ0n) is 21.6. The number of unbranched alkanes of at least 4 members (excludes halogenated alkanes) is 2. The monoisotopic (exact) mass is 460 g/mol. The number of aliphatic carboxylic acids is 1. The van der Waals surface area contributed by atoms with Crippen LogP contribution in [0.5, 0.6) is 0 Å². The Labute approximate surface area is 201 Å². The van der Waals surface area contributed by atoms with Gasteiger partial charge >= 0.3 is 5.97 Å². The minimum absolute atomic E-state index is 0.0823. The summed E-state index contributed by atoms with van der Waals surface area (Å²) < 4.78 is 0. The fourth-order valence-electron chi connectivity index (χ4n) is 7.82. The molecule has 3 fully saturated rings. The summed E-state index contributed by atoms with van der Waals surface area (Å²) in [7, 11) is 0. The maximum atomic E-state index is 11.8. The minimum atomic E-state index is -0.614. The molecule has 0 radical (unpaired) electrons. The Bertz CT molecular complexity index is 719. The van der Waals surface area contributed by atoms with E-state index in [1.54, 1.807) is 0 Å². The molecule has 0 aliphatic heterocycles. The van der Waals surface area contributed by atoms with Gasteiger partial charge in [0.2, 0.25) is 0 Å². The molecule has 0 unspecified atom stereocenters. The number of aliphatic hydroxyl groups is 1. The Kier molecular flexibility index (Phi) is 8.86. The molecular weight excluding hydrogens is 412 g/mol. The number of hydrogen-bond acceptors (Lipinski definition) is 3. The van der Waals surface area contributed by atoms with Crippen molar-refractivity contribution in [2.24, 2.45) is 34.5 Å². The first kappa shape index (κ1) is 26.4. The SMILES string of the molecule is CCCCC(CCCC)C(=O)O.C[C@]12CC[C@H]3[C@@H](CCC4=CC(=O)CC[C@@]43C)[C@@H]1CC[C@@H]2O. The first-order valence-corrected chi connectivity index (χ1v) is 13.8. The number of carboxylic acids is 1. The molecule has 33 heavy (non-hydrogen) atoms. The second-order valence-corrected chi connectivity index (χ2v) is 11.9. The van der Waals surface area contributed by atoms with E-state index in [9.17, 15) is 14.7 Å². The molecule has 2 N–H and O–H groups in total. The Hall–Kier alpha value is -1.16. The van der Waals surface area contributed by atoms with Gasteiger partial charge in [-0.15, -0.1) is 0 Å². The molecule has 188 valence electrons. The number of hydrogen-bond donors (Lipinski definition) is 2. The average Bonchev–Trinajstić information content (AvgIpc) is 3.09. The Morgan fingerprint density at radius 2 is 1.67 bits per heavy atom. The zero-order chi connectivity index (χ0) is 24.2. The van der Waals surface area contributed by atoms with E-state index in [0.717, 1.165) is 76.0 Å². The molecule has 0 spiro atoms. The van der Waals surface area contributed by atoms with Gasteiger partial charge in [0, 0.05) is 6.42 Å². The number of carbonyl (C=O) groups excluding carboxylic acids is 1. The zero-order valence-corrected chi connectivity index (χ0v) is 21.6. The van der Waals surface area contributed by atoms with Crippen molar-refractivity contribution < 1.29 is 19.8 Å². The number of aliphatic hydroxyl groups excluding tert-OH is 1. The lowest BCUT2D eigenvalue weighted by molar-refractivity contribution is -0.142. The molecule has 0 bridgehead atoms. The number of fused-ring (bicyclic) bond motifs is 5. The number of rotatable bonds is 7. The highest BCUT2D eigenvalue weighted by Gasteiger charge is 2.58. The Morgan fingerprint density at radius 1 is 1.00 bits per heavy atom. The summed E-state index contributed by atoms with van der Waals surface area (Å²) in [5.74, 6) is 1.87. The van der Waals surface area contributed by atoms with Crippen LogP contribution in [0.25, 0.3) is 0 Å². The van der Waals surface area contributed by atoms with Crippen molar-refractivity contribution >= 4 is 11.8 Å². The van der Waals surface area contributed by atoms with E-state index in [-0.39, 0.29) is 22.9 Å². The van der Waals surface area contributed by atoms with Crippen LogP contribution in [0.4, 0.5) is 0 Å². The summed E-state index contributed by atoms with van der Waals surface area (Å²) in [5, 5.41) is 19.3. The maximum Gasteiger partial charge on any atom is 0.306 e. The van der Waals surface area contributed by atoms with Gasteiger partial charge < -0.3 is 10.2 Å². The molecule has 4 heteroatoms. The van der Waals surface area contributed by atoms with Crippen LogP contribution >= 0.6 is 0 Å². The van der Waals surface area contributed by atoms with E-state index in [1.807, 2.05) is 6.08 Å². The van der Waals surface area contributed by atoms with Crippen LogP contribution in [0.15, 0.2) is 11.6 Å². The summed E-state index contributed by atoms with van der Waals surface area (Å²) in [6.45, 7) is 8.96. The van der Waals surface area contributed by atoms with Gasteiger partial charge in [0.15, 0.2) is 5.78 Å². The molecule has 0 aromatic carbocycles. The molecule has 0 aromatic heterocycles. The van der Waals surface area contributed by atoms with Crippen LogP contribution in [0.2, 0.25) is 0 Å². The summed E-state index contributed by atoms with van der Waals surface area (Å²) in [4.78, 5) is 22.5. The molecule has 3 saturated carbocycles. The molecule has 4 nitrogen and oxygen atoms in total. The Morgan fingerprint density at radius 3 is 2.27 bits per heavy atom. The lowest BCUT2D eigenvalue weighted by Gasteiger charge is -2.57. The van der Waals surface area contributed by atoms with Crippen LogP contribution in [0, 0.1) is 34.5 Å². The van der Waals surface area contributed by atoms with Crippen LogP contribution in [0.3, 0.4) is 0 Å². The third-order valence-corrected chi connectivity index (χ3v) is 10.1. The highest BCUT2D eigenvalue weighted by atomic mass is 16.4. The third-order valence-electron chi connectivity index (χ3n) is 10.1. The van der Waals surface area contributed by atoms with E-state index in [1.165, 1.54) is 31.3 Å². The molecule has 0 heterocycles. The smallest absolute Gasteiger partial charge is 0.306 e. The first-order chi connectivity index (χ1) is 15.7. The second kappa shape index (κ2) is 11.1. The lowest BCUT2D eigenvalue weighted by atomic mass is 9.47. The molecule has 0 aromatic rings. The van der Waals surface area contributed by atoms with Crippen LogP contribution in [0.1, 0.15) is 118 Å². The van der Waals surface area contributed by atoms with Gasteiger partial charge in [-0.25, -0.2) is 0 Å². The third kappa shape index (κ3) is 5.41. The van der Waals surface area contributed by atoms with Crippen molar-refractivity contribution in [2.45, 2.75) is 124 Å². The van der Waals surface area contributed by atoms with Gasteiger partial charge in [-0.1, -0.05) is 59.0 Å². The van der Waals surface area contributed by atoms with Crippen molar-refractivity contribution in [3.05, 3.63) is 11.6 Å². The molecule has 4 aliphatic carbocycles. The van der Waals surface area contributed by atoms with Crippen LogP contribution in [-0.2, 0) is 9.59 Å². The molecule has 0 amide bonds. The summed E-state index contributed by atoms with van der Waals surface area (Å²) in [5.41, 5.74) is 1.89. The predicted octanol–water partition coefficient (Wildman–Crippen LogP) is 6.95. The molecule has 4 aliphatic rings. The summed E-state index contributed by atoms with van der Waals surface area (Å²) in [6.07, 6.45) is 16.7. The summed E-state index contributed by atoms with van der Waals surface area (Å²) >= 11 is 0. The van der Waals surface area contributed by atoms with E-state index in [4.69, 9.17) is 5.11 Å². The maximum absolute atomic E-state index is 11.8. The van der Waals surface area contributed by atoms with Gasteiger partial charge in [0.25, 0.3) is 0 Å². The van der Waals surface area contributed by atoms with Gasteiger partial charge in [0.1, 0.15) is 0 Å². The van der Waals surface area contributed by atoms with E-state index in [0.29, 0.717) is 11.7 Å². The van der Waals surface area contributed by atoms with Crippen molar-refractivity contribution in [2.75, 3.05) is 0 Å². The van der Waals surface area contributed by atoms with Crippen molar-refractivity contribution in [1.29, 1.82) is 0 Å². The topological polar surface area (TPSA) is 74.6 Å². The largest absolute Gasteiger partial charge is 0.481 e. The number of ketones is 1. The predicted molar refractivity (Wildman–Crippen MR) is 133 cm³/mol. The van der Waals surface area contributed by atoms with Crippen LogP contribution < -0.4 is 0 Å². The standard InChI is InChI=1S/C19H28O2.C10H20O2/c1-18-9-7-13(20)11-12(18)3-4-14-15-5-6-17(21)19(15,2)10-8-16(14)18;1-3-5-7-9(10(11)12)8-6-4-2/h11,14-17,21H,3-10H2,1-2H3;9H,3-8H2,1-2H3,(H,11,12)/t14-,15-,16-,17-,18-,19-;/m0./s1. The fraction of sp³-hybridized carbons (Fsp3) is 0.862. The first-order valence-electron chi connectivity index (χ1n) is 13.8. The second-order valence-electron chi connectivity index (χ2n) is 11.9. The van der Waals surface area contributed by atoms with Gasteiger partial charge in [-0.3, -0.25) is 9.59 Å². The lowest BCUT2D eigenvalue weighted by Crippen LogP contribution is -2.51. The van der Waals surface area contributed by atoms with Gasteiger partial charge in [0.05, 0.1) is 12.0 Å². The molecule has 6 atom stereocenters. The van der Waals surface area contributed by atoms with E-state index < -0.39 is 5.97 Å². The Balaban J connectivity index is 0.000000221. The fourth-order valence-corrected chi connectivity index (χ4v) is 7.82. The minimum Gasteiger partial charge on any atom is -0.481 e. The van der Waals surface area contributed by atoms with Gasteiger partial charge in [-0.05, 0) is 92.4 Å². The normalized spacial score (nSPS) is 37.4. The van der Waals surface area contributed by atoms with Gasteiger partial charge in [-0.2, -0.15) is 0 Å². The van der Waals surface area contributed by atoms with E-state index >= 15 is 0 Å². The number of allylic oxidation sites excluding steroid dienone is 1. The van der Waals surface area contributed by atoms with Crippen LogP contribution in [-0.4, -0.2) is 28.1 Å². The highest BCUT2D eigenvalue weighted by molar-refractivity contribution is 5.91. The molecule has 4 rings (SSSR count). The summed E-state index contributed by atoms with van der Waals surface area (Å²) in [6, 6.07) is 0. The average molecular weight is 461 g/mol.